The summed E-state index contributed by atoms with van der Waals surface area (Å²) in [7, 11) is 0. The van der Waals surface area contributed by atoms with Crippen molar-refractivity contribution in [3.05, 3.63) is 125 Å². The van der Waals surface area contributed by atoms with Crippen LogP contribution in [0.15, 0.2) is 97.2 Å². The van der Waals surface area contributed by atoms with Crippen molar-refractivity contribution in [1.82, 2.24) is 14.8 Å². The van der Waals surface area contributed by atoms with E-state index in [0.29, 0.717) is 18.7 Å². The third-order valence-electron chi connectivity index (χ3n) is 6.47. The standard InChI is InChI=1S/C30H28FN3O/c31-28-12-9-23(10-13-28)22-33-15-17-34(18-16-33)30(35)27-11-14-29(32-21-27)20-24-5-4-8-26(19-24)25-6-2-1-3-7-25/h1-14,19,21H,15-18,20,22H2. The molecule has 0 bridgehead atoms. The molecule has 4 aromatic rings. The van der Waals surface area contributed by atoms with Crippen molar-refractivity contribution in [2.24, 2.45) is 0 Å². The van der Waals surface area contributed by atoms with Gasteiger partial charge in [-0.05, 0) is 46.5 Å². The Morgan fingerprint density at radius 1 is 0.771 bits per heavy atom. The summed E-state index contributed by atoms with van der Waals surface area (Å²) < 4.78 is 13.1. The highest BCUT2D eigenvalue weighted by Gasteiger charge is 2.22. The number of rotatable bonds is 6. The lowest BCUT2D eigenvalue weighted by Crippen LogP contribution is -2.48. The number of carbonyl (C=O) groups excluding carboxylic acids is 1. The highest BCUT2D eigenvalue weighted by Crippen LogP contribution is 2.21. The zero-order chi connectivity index (χ0) is 24.0. The summed E-state index contributed by atoms with van der Waals surface area (Å²) in [5.74, 6) is -0.193. The molecular formula is C30H28FN3O. The maximum Gasteiger partial charge on any atom is 0.255 e. The van der Waals surface area contributed by atoms with E-state index in [-0.39, 0.29) is 11.7 Å². The Morgan fingerprint density at radius 2 is 1.51 bits per heavy atom. The molecular weight excluding hydrogens is 437 g/mol. The van der Waals surface area contributed by atoms with Crippen molar-refractivity contribution in [1.29, 1.82) is 0 Å². The van der Waals surface area contributed by atoms with Gasteiger partial charge in [0.05, 0.1) is 5.56 Å². The van der Waals surface area contributed by atoms with Crippen LogP contribution in [0.5, 0.6) is 0 Å². The number of nitrogens with zero attached hydrogens (tertiary/aromatic N) is 3. The van der Waals surface area contributed by atoms with Gasteiger partial charge in [-0.3, -0.25) is 14.7 Å². The summed E-state index contributed by atoms with van der Waals surface area (Å²) in [6, 6.07) is 29.3. The Kier molecular flexibility index (Phi) is 6.96. The third kappa shape index (κ3) is 5.81. The summed E-state index contributed by atoms with van der Waals surface area (Å²) in [6.07, 6.45) is 2.42. The Bertz CT molecular complexity index is 1270. The maximum atomic E-state index is 13.1. The predicted molar refractivity (Wildman–Crippen MR) is 137 cm³/mol. The minimum atomic E-state index is -0.218. The second-order valence-electron chi connectivity index (χ2n) is 8.98. The average Bonchev–Trinajstić information content (AvgIpc) is 2.91. The van der Waals surface area contributed by atoms with Crippen LogP contribution in [0.4, 0.5) is 4.39 Å². The molecule has 1 aromatic heterocycles. The average molecular weight is 466 g/mol. The Balaban J connectivity index is 1.16. The smallest absolute Gasteiger partial charge is 0.255 e. The van der Waals surface area contributed by atoms with Crippen LogP contribution in [-0.4, -0.2) is 46.9 Å². The number of aromatic nitrogens is 1. The summed E-state index contributed by atoms with van der Waals surface area (Å²) >= 11 is 0. The second-order valence-corrected chi connectivity index (χ2v) is 8.98. The first-order valence-electron chi connectivity index (χ1n) is 12.0. The second kappa shape index (κ2) is 10.6. The lowest BCUT2D eigenvalue weighted by Gasteiger charge is -2.34. The minimum Gasteiger partial charge on any atom is -0.336 e. The fraction of sp³-hybridized carbons (Fsp3) is 0.200. The van der Waals surface area contributed by atoms with Gasteiger partial charge in [0.2, 0.25) is 0 Å². The van der Waals surface area contributed by atoms with E-state index in [1.807, 2.05) is 47.4 Å². The summed E-state index contributed by atoms with van der Waals surface area (Å²) in [5, 5.41) is 0. The number of hydrogen-bond acceptors (Lipinski definition) is 3. The molecule has 1 amide bonds. The highest BCUT2D eigenvalue weighted by molar-refractivity contribution is 5.94. The number of carbonyl (C=O) groups is 1. The van der Waals surface area contributed by atoms with Crippen LogP contribution < -0.4 is 0 Å². The van der Waals surface area contributed by atoms with Crippen molar-refractivity contribution < 1.29 is 9.18 Å². The SMILES string of the molecule is O=C(c1ccc(Cc2cccc(-c3ccccc3)c2)nc1)N1CCN(Cc2ccc(F)cc2)CC1. The maximum absolute atomic E-state index is 13.1. The number of pyridine rings is 1. The van der Waals surface area contributed by atoms with Crippen LogP contribution in [-0.2, 0) is 13.0 Å². The predicted octanol–water partition coefficient (Wildman–Crippen LogP) is 5.44. The van der Waals surface area contributed by atoms with E-state index < -0.39 is 0 Å². The molecule has 0 saturated carbocycles. The van der Waals surface area contributed by atoms with E-state index in [2.05, 4.69) is 46.3 Å². The van der Waals surface area contributed by atoms with Gasteiger partial charge in [-0.1, -0.05) is 66.7 Å². The highest BCUT2D eigenvalue weighted by atomic mass is 19.1. The van der Waals surface area contributed by atoms with Crippen molar-refractivity contribution in [3.8, 4) is 11.1 Å². The summed E-state index contributed by atoms with van der Waals surface area (Å²) in [4.78, 5) is 21.8. The molecule has 0 atom stereocenters. The quantitative estimate of drug-likeness (QED) is 0.381. The zero-order valence-electron chi connectivity index (χ0n) is 19.6. The molecule has 0 N–H and O–H groups in total. The molecule has 5 heteroatoms. The zero-order valence-corrected chi connectivity index (χ0v) is 19.6. The van der Waals surface area contributed by atoms with Crippen molar-refractivity contribution in [2.75, 3.05) is 26.2 Å². The molecule has 2 heterocycles. The van der Waals surface area contributed by atoms with Crippen molar-refractivity contribution in [3.63, 3.8) is 0 Å². The third-order valence-corrected chi connectivity index (χ3v) is 6.47. The molecule has 1 aliphatic rings. The molecule has 0 unspecified atom stereocenters. The van der Waals surface area contributed by atoms with Crippen LogP contribution >= 0.6 is 0 Å². The van der Waals surface area contributed by atoms with Gasteiger partial charge < -0.3 is 4.90 Å². The van der Waals surface area contributed by atoms with Crippen LogP contribution in [0, 0.1) is 5.82 Å². The summed E-state index contributed by atoms with van der Waals surface area (Å²) in [6.45, 7) is 3.71. The Labute approximate surface area is 205 Å². The number of piperazine rings is 1. The Morgan fingerprint density at radius 3 is 2.23 bits per heavy atom. The normalized spacial score (nSPS) is 14.1. The number of benzene rings is 3. The molecule has 1 aliphatic heterocycles. The molecule has 1 saturated heterocycles. The molecule has 4 nitrogen and oxygen atoms in total. The lowest BCUT2D eigenvalue weighted by atomic mass is 10.0. The van der Waals surface area contributed by atoms with E-state index in [9.17, 15) is 9.18 Å². The molecule has 5 rings (SSSR count). The fourth-order valence-electron chi connectivity index (χ4n) is 4.50. The Hall–Kier alpha value is -3.83. The van der Waals surface area contributed by atoms with Crippen LogP contribution in [0.3, 0.4) is 0 Å². The first-order chi connectivity index (χ1) is 17.1. The molecule has 0 radical (unpaired) electrons. The monoisotopic (exact) mass is 465 g/mol. The van der Waals surface area contributed by atoms with Gasteiger partial charge >= 0.3 is 0 Å². The van der Waals surface area contributed by atoms with Crippen LogP contribution in [0.2, 0.25) is 0 Å². The molecule has 1 fully saturated rings. The van der Waals surface area contributed by atoms with Gasteiger partial charge in [-0.2, -0.15) is 0 Å². The first kappa shape index (κ1) is 22.9. The van der Waals surface area contributed by atoms with E-state index >= 15 is 0 Å². The minimum absolute atomic E-state index is 0.0246. The summed E-state index contributed by atoms with van der Waals surface area (Å²) in [5.41, 5.74) is 6.22. The number of amides is 1. The number of hydrogen-bond donors (Lipinski definition) is 0. The van der Waals surface area contributed by atoms with Crippen LogP contribution in [0.1, 0.15) is 27.2 Å². The van der Waals surface area contributed by atoms with E-state index in [4.69, 9.17) is 0 Å². The molecule has 0 aliphatic carbocycles. The first-order valence-corrected chi connectivity index (χ1v) is 12.0. The van der Waals surface area contributed by atoms with Gasteiger partial charge in [0.15, 0.2) is 0 Å². The van der Waals surface area contributed by atoms with Crippen molar-refractivity contribution in [2.45, 2.75) is 13.0 Å². The fourth-order valence-corrected chi connectivity index (χ4v) is 4.50. The van der Waals surface area contributed by atoms with E-state index in [1.165, 1.54) is 28.8 Å². The topological polar surface area (TPSA) is 36.4 Å². The van der Waals surface area contributed by atoms with E-state index in [0.717, 1.165) is 37.3 Å². The van der Waals surface area contributed by atoms with Gasteiger partial charge in [0, 0.05) is 51.0 Å². The van der Waals surface area contributed by atoms with E-state index in [1.54, 1.807) is 6.20 Å². The van der Waals surface area contributed by atoms with Gasteiger partial charge in [0.25, 0.3) is 5.91 Å². The van der Waals surface area contributed by atoms with Gasteiger partial charge in [-0.15, -0.1) is 0 Å². The van der Waals surface area contributed by atoms with Gasteiger partial charge in [-0.25, -0.2) is 4.39 Å². The largest absolute Gasteiger partial charge is 0.336 e. The number of halogens is 1. The molecule has 0 spiro atoms. The molecule has 3 aromatic carbocycles. The van der Waals surface area contributed by atoms with Gasteiger partial charge in [0.1, 0.15) is 5.82 Å². The van der Waals surface area contributed by atoms with Crippen molar-refractivity contribution >= 4 is 5.91 Å². The van der Waals surface area contributed by atoms with Crippen LogP contribution in [0.25, 0.3) is 11.1 Å². The lowest BCUT2D eigenvalue weighted by molar-refractivity contribution is 0.0628. The molecule has 176 valence electrons. The molecule has 35 heavy (non-hydrogen) atoms.